The molecule has 0 spiro atoms. The van der Waals surface area contributed by atoms with E-state index in [1.54, 1.807) is 0 Å². The van der Waals surface area contributed by atoms with Crippen molar-refractivity contribution in [3.63, 3.8) is 0 Å². The normalized spacial score (nSPS) is 11.1. The minimum atomic E-state index is 0.622. The van der Waals surface area contributed by atoms with Gasteiger partial charge in [-0.3, -0.25) is 4.98 Å². The maximum absolute atomic E-state index is 4.87. The molecular weight excluding hydrogens is 424 g/mol. The fraction of sp³-hybridized carbons (Fsp3) is 0.231. The molecule has 0 fully saturated rings. The van der Waals surface area contributed by atoms with E-state index in [0.717, 1.165) is 59.8 Å². The molecule has 0 unspecified atom stereocenters. The van der Waals surface area contributed by atoms with Crippen LogP contribution in [0.5, 0.6) is 0 Å². The lowest BCUT2D eigenvalue weighted by atomic mass is 10.0. The van der Waals surface area contributed by atoms with Crippen molar-refractivity contribution >= 4 is 0 Å². The third-order valence-corrected chi connectivity index (χ3v) is 5.70. The number of tetrazole rings is 1. The molecule has 2 aromatic carbocycles. The van der Waals surface area contributed by atoms with Gasteiger partial charge in [-0.2, -0.15) is 5.10 Å². The van der Waals surface area contributed by atoms with E-state index in [0.29, 0.717) is 12.2 Å². The first-order valence-electron chi connectivity index (χ1n) is 11.5. The number of benzene rings is 2. The van der Waals surface area contributed by atoms with E-state index in [1.807, 2.05) is 47.3 Å². The summed E-state index contributed by atoms with van der Waals surface area (Å²) in [6.45, 7) is 3.02. The number of aromatic nitrogens is 8. The number of rotatable bonds is 9. The highest BCUT2D eigenvalue weighted by atomic mass is 15.5. The van der Waals surface area contributed by atoms with Gasteiger partial charge >= 0.3 is 0 Å². The minimum Gasteiger partial charge on any atom is -0.256 e. The molecule has 0 aliphatic rings. The van der Waals surface area contributed by atoms with Crippen LogP contribution < -0.4 is 0 Å². The van der Waals surface area contributed by atoms with E-state index < -0.39 is 0 Å². The number of pyridine rings is 1. The molecule has 5 rings (SSSR count). The molecule has 5 aromatic rings. The number of hydrogen-bond acceptors (Lipinski definition) is 6. The zero-order chi connectivity index (χ0) is 23.2. The number of H-pyrrole nitrogens is 1. The molecule has 170 valence electrons. The van der Waals surface area contributed by atoms with Gasteiger partial charge in [-0.05, 0) is 40.5 Å². The first kappa shape index (κ1) is 21.6. The summed E-state index contributed by atoms with van der Waals surface area (Å²) in [4.78, 5) is 9.60. The van der Waals surface area contributed by atoms with Crippen LogP contribution >= 0.6 is 0 Å². The summed E-state index contributed by atoms with van der Waals surface area (Å²) < 4.78 is 2.04. The van der Waals surface area contributed by atoms with Crippen LogP contribution in [-0.4, -0.2) is 40.4 Å². The Bertz CT molecular complexity index is 1330. The quantitative estimate of drug-likeness (QED) is 0.359. The third-order valence-electron chi connectivity index (χ3n) is 5.70. The maximum atomic E-state index is 4.87. The molecule has 0 aliphatic carbocycles. The molecule has 0 aliphatic heterocycles. The Morgan fingerprint density at radius 1 is 0.853 bits per heavy atom. The monoisotopic (exact) mass is 450 g/mol. The Balaban J connectivity index is 1.34. The highest BCUT2D eigenvalue weighted by Gasteiger charge is 2.13. The molecule has 8 nitrogen and oxygen atoms in total. The summed E-state index contributed by atoms with van der Waals surface area (Å²) in [5.41, 5.74) is 5.16. The van der Waals surface area contributed by atoms with Crippen LogP contribution in [0.1, 0.15) is 36.1 Å². The van der Waals surface area contributed by atoms with Crippen molar-refractivity contribution in [1.29, 1.82) is 0 Å². The highest BCUT2D eigenvalue weighted by molar-refractivity contribution is 5.78. The van der Waals surface area contributed by atoms with Crippen molar-refractivity contribution in [1.82, 2.24) is 40.4 Å². The van der Waals surface area contributed by atoms with Crippen LogP contribution in [0.25, 0.3) is 22.6 Å². The first-order chi connectivity index (χ1) is 16.8. The Morgan fingerprint density at radius 2 is 1.68 bits per heavy atom. The molecule has 0 bridgehead atoms. The van der Waals surface area contributed by atoms with Crippen LogP contribution in [0, 0.1) is 0 Å². The average molecular weight is 451 g/mol. The van der Waals surface area contributed by atoms with Crippen LogP contribution in [-0.2, 0) is 25.8 Å². The zero-order valence-electron chi connectivity index (χ0n) is 19.1. The van der Waals surface area contributed by atoms with Crippen molar-refractivity contribution in [2.75, 3.05) is 0 Å². The number of nitrogens with one attached hydrogen (secondary N) is 1. The van der Waals surface area contributed by atoms with Crippen molar-refractivity contribution < 1.29 is 0 Å². The molecule has 0 atom stereocenters. The topological polar surface area (TPSA) is 98.1 Å². The molecule has 1 N–H and O–H groups in total. The molecule has 0 saturated heterocycles. The Kier molecular flexibility index (Phi) is 6.47. The van der Waals surface area contributed by atoms with E-state index in [2.05, 4.69) is 57.9 Å². The van der Waals surface area contributed by atoms with Crippen molar-refractivity contribution in [3.8, 4) is 22.6 Å². The second-order valence-corrected chi connectivity index (χ2v) is 8.18. The Labute approximate surface area is 198 Å². The molecule has 0 saturated carbocycles. The molecule has 0 radical (unpaired) electrons. The van der Waals surface area contributed by atoms with Crippen molar-refractivity contribution in [2.24, 2.45) is 0 Å². The molecule has 34 heavy (non-hydrogen) atoms. The van der Waals surface area contributed by atoms with Crippen LogP contribution in [0.2, 0.25) is 0 Å². The van der Waals surface area contributed by atoms with Crippen LogP contribution in [0.3, 0.4) is 0 Å². The van der Waals surface area contributed by atoms with Gasteiger partial charge in [0.05, 0.1) is 5.69 Å². The van der Waals surface area contributed by atoms with Gasteiger partial charge in [-0.1, -0.05) is 67.6 Å². The van der Waals surface area contributed by atoms with Crippen molar-refractivity contribution in [2.45, 2.75) is 39.2 Å². The third kappa shape index (κ3) is 4.91. The SMILES string of the molecule is CCCn1nc(CCc2ccccc2)nc1Cc1ccc(-c2ccccc2-c2nnn[nH]2)nc1. The lowest BCUT2D eigenvalue weighted by Gasteiger charge is -2.08. The predicted molar refractivity (Wildman–Crippen MR) is 130 cm³/mol. The van der Waals surface area contributed by atoms with E-state index in [9.17, 15) is 0 Å². The lowest BCUT2D eigenvalue weighted by Crippen LogP contribution is -2.06. The summed E-state index contributed by atoms with van der Waals surface area (Å²) in [5, 5.41) is 19.0. The first-order valence-corrected chi connectivity index (χ1v) is 11.5. The lowest BCUT2D eigenvalue weighted by molar-refractivity contribution is 0.570. The zero-order valence-corrected chi connectivity index (χ0v) is 19.1. The summed E-state index contributed by atoms with van der Waals surface area (Å²) in [6, 6.07) is 22.6. The van der Waals surface area contributed by atoms with Crippen LogP contribution in [0.15, 0.2) is 72.9 Å². The molecule has 0 amide bonds. The van der Waals surface area contributed by atoms with Gasteiger partial charge in [0.15, 0.2) is 11.6 Å². The molecule has 3 aromatic heterocycles. The largest absolute Gasteiger partial charge is 0.256 e. The van der Waals surface area contributed by atoms with Crippen LogP contribution in [0.4, 0.5) is 0 Å². The highest BCUT2D eigenvalue weighted by Crippen LogP contribution is 2.28. The molecule has 3 heterocycles. The second kappa shape index (κ2) is 10.2. The minimum absolute atomic E-state index is 0.622. The molecular formula is C26H26N8. The summed E-state index contributed by atoms with van der Waals surface area (Å²) >= 11 is 0. The van der Waals surface area contributed by atoms with E-state index >= 15 is 0 Å². The van der Waals surface area contributed by atoms with Gasteiger partial charge in [0.25, 0.3) is 0 Å². The number of aromatic amines is 1. The summed E-state index contributed by atoms with van der Waals surface area (Å²) in [7, 11) is 0. The predicted octanol–water partition coefficient (Wildman–Crippen LogP) is 4.31. The van der Waals surface area contributed by atoms with E-state index in [1.165, 1.54) is 5.56 Å². The van der Waals surface area contributed by atoms with Gasteiger partial charge in [-0.25, -0.2) is 14.8 Å². The van der Waals surface area contributed by atoms with Gasteiger partial charge in [0.1, 0.15) is 5.82 Å². The average Bonchev–Trinajstić information content (AvgIpc) is 3.55. The van der Waals surface area contributed by atoms with Gasteiger partial charge in [0, 0.05) is 36.7 Å². The van der Waals surface area contributed by atoms with E-state index in [4.69, 9.17) is 15.1 Å². The standard InChI is InChI=1S/C26H26N8/c1-2-16-34-25(28-24(31-34)15-13-19-8-4-3-5-9-19)17-20-12-14-23(27-18-20)21-10-6-7-11-22(21)26-29-32-33-30-26/h3-12,14,18H,2,13,15-17H2,1H3,(H,29,30,32,33). The number of hydrogen-bond donors (Lipinski definition) is 1. The van der Waals surface area contributed by atoms with E-state index in [-0.39, 0.29) is 0 Å². The fourth-order valence-electron chi connectivity index (χ4n) is 4.01. The van der Waals surface area contributed by atoms with Gasteiger partial charge in [0.2, 0.25) is 0 Å². The Hall–Kier alpha value is -4.20. The van der Waals surface area contributed by atoms with Gasteiger partial charge < -0.3 is 0 Å². The fourth-order valence-corrected chi connectivity index (χ4v) is 4.01. The maximum Gasteiger partial charge on any atom is 0.180 e. The number of nitrogens with zero attached hydrogens (tertiary/aromatic N) is 7. The smallest absolute Gasteiger partial charge is 0.180 e. The second-order valence-electron chi connectivity index (χ2n) is 8.18. The number of aryl methyl sites for hydroxylation is 3. The summed E-state index contributed by atoms with van der Waals surface area (Å²) in [5.74, 6) is 2.50. The Morgan fingerprint density at radius 3 is 2.41 bits per heavy atom. The summed E-state index contributed by atoms with van der Waals surface area (Å²) in [6.07, 6.45) is 5.39. The molecule has 8 heteroatoms. The van der Waals surface area contributed by atoms with Crippen molar-refractivity contribution in [3.05, 3.63) is 95.7 Å². The van der Waals surface area contributed by atoms with Gasteiger partial charge in [-0.15, -0.1) is 5.10 Å².